The molecule has 34 heavy (non-hydrogen) atoms. The van der Waals surface area contributed by atoms with Crippen LogP contribution in [0.4, 0.5) is 11.6 Å². The van der Waals surface area contributed by atoms with Crippen LogP contribution in [0.25, 0.3) is 16.8 Å². The Balaban J connectivity index is 1.72. The van der Waals surface area contributed by atoms with Crippen LogP contribution in [0.2, 0.25) is 0 Å². The van der Waals surface area contributed by atoms with Crippen LogP contribution in [0.1, 0.15) is 56.5 Å². The maximum atomic E-state index is 12.6. The van der Waals surface area contributed by atoms with E-state index in [0.29, 0.717) is 29.0 Å². The second-order valence-corrected chi connectivity index (χ2v) is 10.0. The molecule has 2 heterocycles. The van der Waals surface area contributed by atoms with Crippen molar-refractivity contribution in [1.82, 2.24) is 19.9 Å². The van der Waals surface area contributed by atoms with Crippen molar-refractivity contribution in [3.05, 3.63) is 41.6 Å². The van der Waals surface area contributed by atoms with Gasteiger partial charge in [-0.05, 0) is 48.8 Å². The van der Waals surface area contributed by atoms with E-state index in [1.807, 2.05) is 41.9 Å². The van der Waals surface area contributed by atoms with Crippen molar-refractivity contribution >= 4 is 23.2 Å². The highest BCUT2D eigenvalue weighted by atomic mass is 16.3. The fraction of sp³-hybridized carbons (Fsp3) is 0.500. The molecule has 1 saturated carbocycles. The second kappa shape index (κ2) is 10.0. The molecule has 0 spiro atoms. The molecule has 1 unspecified atom stereocenters. The van der Waals surface area contributed by atoms with E-state index in [9.17, 15) is 9.90 Å². The third-order valence-electron chi connectivity index (χ3n) is 6.19. The van der Waals surface area contributed by atoms with Crippen LogP contribution in [0.5, 0.6) is 0 Å². The van der Waals surface area contributed by atoms with Crippen molar-refractivity contribution in [2.45, 2.75) is 59.5 Å². The van der Waals surface area contributed by atoms with Crippen LogP contribution in [0.15, 0.2) is 30.5 Å². The number of carbonyl (C=O) groups excluding carboxylic acids is 1. The summed E-state index contributed by atoms with van der Waals surface area (Å²) in [5.74, 6) is 2.22. The minimum Gasteiger partial charge on any atom is -0.394 e. The van der Waals surface area contributed by atoms with Gasteiger partial charge in [-0.2, -0.15) is 9.61 Å². The predicted octanol–water partition coefficient (Wildman–Crippen LogP) is 4.09. The highest BCUT2D eigenvalue weighted by molar-refractivity contribution is 5.97. The quantitative estimate of drug-likeness (QED) is 0.360. The zero-order chi connectivity index (χ0) is 24.4. The Hall–Kier alpha value is -3.13. The lowest BCUT2D eigenvalue weighted by atomic mass is 10.0. The number of aliphatic hydroxyl groups is 1. The molecule has 1 aliphatic carbocycles. The summed E-state index contributed by atoms with van der Waals surface area (Å²) in [5, 5.41) is 24.4. The average Bonchev–Trinajstić information content (AvgIpc) is 3.50. The first-order chi connectivity index (χ1) is 16.3. The molecule has 3 aromatic rings. The van der Waals surface area contributed by atoms with E-state index in [1.165, 1.54) is 0 Å². The van der Waals surface area contributed by atoms with Crippen molar-refractivity contribution in [3.8, 4) is 11.1 Å². The molecule has 8 nitrogen and oxygen atoms in total. The average molecular weight is 465 g/mol. The van der Waals surface area contributed by atoms with Gasteiger partial charge in [-0.1, -0.05) is 39.8 Å². The molecule has 0 bridgehead atoms. The number of fused-ring (bicyclic) bond motifs is 1. The van der Waals surface area contributed by atoms with E-state index < -0.39 is 0 Å². The van der Waals surface area contributed by atoms with Gasteiger partial charge < -0.3 is 21.1 Å². The Morgan fingerprint density at radius 2 is 1.97 bits per heavy atom. The number of amides is 1. The molecule has 0 radical (unpaired) electrons. The van der Waals surface area contributed by atoms with Gasteiger partial charge in [-0.15, -0.1) is 0 Å². The lowest BCUT2D eigenvalue weighted by Gasteiger charge is -2.21. The topological polar surface area (TPSA) is 104 Å². The van der Waals surface area contributed by atoms with Gasteiger partial charge in [0.2, 0.25) is 0 Å². The van der Waals surface area contributed by atoms with Crippen molar-refractivity contribution in [2.75, 3.05) is 23.8 Å². The SMILES string of the molecule is Cc1cc(-c2cnn3c(NCC(C)C)cc(NC(CO)C(C)C)nc23)ccc1C(=O)NC1CC1. The third kappa shape index (κ3) is 5.33. The van der Waals surface area contributed by atoms with Gasteiger partial charge >= 0.3 is 0 Å². The zero-order valence-corrected chi connectivity index (χ0v) is 20.7. The molecule has 1 aliphatic rings. The Morgan fingerprint density at radius 1 is 1.21 bits per heavy atom. The van der Waals surface area contributed by atoms with Crippen LogP contribution in [-0.4, -0.2) is 50.8 Å². The number of benzene rings is 1. The van der Waals surface area contributed by atoms with Gasteiger partial charge in [0, 0.05) is 29.8 Å². The van der Waals surface area contributed by atoms with Crippen LogP contribution in [0.3, 0.4) is 0 Å². The number of anilines is 2. The summed E-state index contributed by atoms with van der Waals surface area (Å²) in [6.07, 6.45) is 3.94. The molecule has 182 valence electrons. The van der Waals surface area contributed by atoms with Gasteiger partial charge in [0.25, 0.3) is 5.91 Å². The minimum absolute atomic E-state index is 0.0140. The second-order valence-electron chi connectivity index (χ2n) is 10.0. The van der Waals surface area contributed by atoms with Gasteiger partial charge in [0.15, 0.2) is 5.65 Å². The number of aliphatic hydroxyl groups excluding tert-OH is 1. The van der Waals surface area contributed by atoms with E-state index in [0.717, 1.165) is 41.9 Å². The highest BCUT2D eigenvalue weighted by Gasteiger charge is 2.24. The lowest BCUT2D eigenvalue weighted by molar-refractivity contribution is 0.0950. The Labute approximate surface area is 201 Å². The van der Waals surface area contributed by atoms with E-state index in [4.69, 9.17) is 4.98 Å². The van der Waals surface area contributed by atoms with Gasteiger partial charge in [0.1, 0.15) is 11.6 Å². The van der Waals surface area contributed by atoms with E-state index in [1.54, 1.807) is 0 Å². The molecule has 8 heteroatoms. The van der Waals surface area contributed by atoms with Crippen molar-refractivity contribution in [1.29, 1.82) is 0 Å². The summed E-state index contributed by atoms with van der Waals surface area (Å²) in [6.45, 7) is 11.2. The molecule has 1 fully saturated rings. The van der Waals surface area contributed by atoms with E-state index in [2.05, 4.69) is 48.7 Å². The first-order valence-electron chi connectivity index (χ1n) is 12.2. The molecule has 0 saturated heterocycles. The molecule has 0 aliphatic heterocycles. The Morgan fingerprint density at radius 3 is 2.59 bits per heavy atom. The summed E-state index contributed by atoms with van der Waals surface area (Å²) in [5.41, 5.74) is 4.18. The summed E-state index contributed by atoms with van der Waals surface area (Å²) in [4.78, 5) is 17.4. The summed E-state index contributed by atoms with van der Waals surface area (Å²) in [7, 11) is 0. The number of hydrogen-bond donors (Lipinski definition) is 4. The van der Waals surface area contributed by atoms with E-state index in [-0.39, 0.29) is 24.5 Å². The first-order valence-corrected chi connectivity index (χ1v) is 12.2. The third-order valence-corrected chi connectivity index (χ3v) is 6.19. The fourth-order valence-corrected chi connectivity index (χ4v) is 3.86. The van der Waals surface area contributed by atoms with Gasteiger partial charge in [-0.25, -0.2) is 4.98 Å². The molecule has 4 rings (SSSR count). The summed E-state index contributed by atoms with van der Waals surface area (Å²) >= 11 is 0. The number of hydrogen-bond acceptors (Lipinski definition) is 6. The van der Waals surface area contributed by atoms with Crippen LogP contribution < -0.4 is 16.0 Å². The maximum absolute atomic E-state index is 12.6. The zero-order valence-electron chi connectivity index (χ0n) is 20.7. The van der Waals surface area contributed by atoms with Crippen molar-refractivity contribution < 1.29 is 9.90 Å². The number of aromatic nitrogens is 3. The Bertz CT molecular complexity index is 1170. The molecule has 4 N–H and O–H groups in total. The van der Waals surface area contributed by atoms with Gasteiger partial charge in [0.05, 0.1) is 18.8 Å². The smallest absolute Gasteiger partial charge is 0.251 e. The number of aryl methyl sites for hydroxylation is 1. The number of nitrogens with one attached hydrogen (secondary N) is 3. The maximum Gasteiger partial charge on any atom is 0.251 e. The number of carbonyl (C=O) groups is 1. The highest BCUT2D eigenvalue weighted by Crippen LogP contribution is 2.29. The van der Waals surface area contributed by atoms with Gasteiger partial charge in [-0.3, -0.25) is 4.79 Å². The van der Waals surface area contributed by atoms with Crippen molar-refractivity contribution in [2.24, 2.45) is 11.8 Å². The standard InChI is InChI=1S/C26H36N6O2/c1-15(2)12-27-24-11-23(30-22(14-33)16(3)4)31-25-21(13-28-32(24)25)18-6-9-20(17(5)10-18)26(34)29-19-7-8-19/h6,9-11,13,15-16,19,22,27,33H,7-8,12,14H2,1-5H3,(H,29,34)(H,30,31). The lowest BCUT2D eigenvalue weighted by Crippen LogP contribution is -2.30. The fourth-order valence-electron chi connectivity index (χ4n) is 3.86. The molecular weight excluding hydrogens is 428 g/mol. The largest absolute Gasteiger partial charge is 0.394 e. The normalized spacial score (nSPS) is 14.6. The first kappa shape index (κ1) is 24.0. The van der Waals surface area contributed by atoms with Crippen molar-refractivity contribution in [3.63, 3.8) is 0 Å². The number of rotatable bonds is 10. The molecule has 1 amide bonds. The van der Waals surface area contributed by atoms with E-state index >= 15 is 0 Å². The number of nitrogens with zero attached hydrogens (tertiary/aromatic N) is 3. The minimum atomic E-state index is -0.106. The molecular formula is C26H36N6O2. The molecule has 1 atom stereocenters. The van der Waals surface area contributed by atoms with Crippen LogP contribution >= 0.6 is 0 Å². The molecule has 2 aromatic heterocycles. The molecule has 1 aromatic carbocycles. The monoisotopic (exact) mass is 464 g/mol. The van der Waals surface area contributed by atoms with Crippen LogP contribution in [-0.2, 0) is 0 Å². The predicted molar refractivity (Wildman–Crippen MR) is 136 cm³/mol. The summed E-state index contributed by atoms with van der Waals surface area (Å²) < 4.78 is 1.81. The summed E-state index contributed by atoms with van der Waals surface area (Å²) in [6, 6.07) is 8.02. The Kier molecular flexibility index (Phi) is 7.07. The van der Waals surface area contributed by atoms with Crippen LogP contribution in [0, 0.1) is 18.8 Å².